The number of amides is 2. The molecule has 1 aromatic heterocycles. The van der Waals surface area contributed by atoms with Crippen LogP contribution in [0.2, 0.25) is 0 Å². The first kappa shape index (κ1) is 20.1. The Morgan fingerprint density at radius 2 is 1.75 bits per heavy atom. The summed E-state index contributed by atoms with van der Waals surface area (Å²) in [6, 6.07) is 6.02. The number of hydrogen-bond donors (Lipinski definition) is 1. The highest BCUT2D eigenvalue weighted by atomic mass is 16.2. The Hall–Kier alpha value is -2.69. The summed E-state index contributed by atoms with van der Waals surface area (Å²) in [7, 11) is 0. The smallest absolute Gasteiger partial charge is 0.257 e. The van der Waals surface area contributed by atoms with Crippen LogP contribution in [-0.2, 0) is 0 Å². The fourth-order valence-corrected chi connectivity index (χ4v) is 4.10. The summed E-state index contributed by atoms with van der Waals surface area (Å²) in [5.41, 5.74) is 4.89. The van der Waals surface area contributed by atoms with E-state index in [0.717, 1.165) is 54.6 Å². The normalized spacial score (nSPS) is 16.7. The molecule has 1 aliphatic heterocycles. The molecule has 0 radical (unpaired) electrons. The number of carbonyl (C=O) groups excluding carboxylic acids is 2. The van der Waals surface area contributed by atoms with Crippen molar-refractivity contribution in [3.05, 3.63) is 58.4 Å². The van der Waals surface area contributed by atoms with Gasteiger partial charge in [-0.2, -0.15) is 0 Å². The largest absolute Gasteiger partial charge is 0.336 e. The average Bonchev–Trinajstić information content (AvgIpc) is 2.70. The van der Waals surface area contributed by atoms with Crippen LogP contribution >= 0.6 is 0 Å². The third-order valence-corrected chi connectivity index (χ3v) is 5.52. The molecule has 0 saturated carbocycles. The van der Waals surface area contributed by atoms with E-state index in [4.69, 9.17) is 0 Å². The standard InChI is InChI=1S/C23H29N3O2/c1-5-20-8-6-7-9-26(20)23(28)19-12-18(13-24-14-19)22(27)25-21-16(3)10-15(2)11-17(21)4/h10-14,20H,5-9H2,1-4H3,(H,25,27). The lowest BCUT2D eigenvalue weighted by Gasteiger charge is -2.35. The number of pyridine rings is 1. The molecule has 148 valence electrons. The maximum atomic E-state index is 13.0. The summed E-state index contributed by atoms with van der Waals surface area (Å²) in [6.45, 7) is 8.89. The third kappa shape index (κ3) is 4.24. The first-order chi connectivity index (χ1) is 13.4. The molecular formula is C23H29N3O2. The summed E-state index contributed by atoms with van der Waals surface area (Å²) in [5, 5.41) is 2.98. The number of benzene rings is 1. The third-order valence-electron chi connectivity index (χ3n) is 5.52. The molecule has 0 spiro atoms. The van der Waals surface area contributed by atoms with Crippen LogP contribution in [0, 0.1) is 20.8 Å². The van der Waals surface area contributed by atoms with Gasteiger partial charge in [-0.3, -0.25) is 14.6 Å². The first-order valence-electron chi connectivity index (χ1n) is 10.1. The van der Waals surface area contributed by atoms with Gasteiger partial charge in [0.1, 0.15) is 0 Å². The predicted molar refractivity (Wildman–Crippen MR) is 112 cm³/mol. The van der Waals surface area contributed by atoms with Crippen molar-refractivity contribution in [2.75, 3.05) is 11.9 Å². The summed E-state index contributed by atoms with van der Waals surface area (Å²) in [6.07, 6.45) is 7.26. The maximum absolute atomic E-state index is 13.0. The fraction of sp³-hybridized carbons (Fsp3) is 0.435. The van der Waals surface area contributed by atoms with Crippen molar-refractivity contribution in [2.45, 2.75) is 59.4 Å². The van der Waals surface area contributed by atoms with Crippen LogP contribution in [0.25, 0.3) is 0 Å². The average molecular weight is 380 g/mol. The Labute approximate surface area is 167 Å². The van der Waals surface area contributed by atoms with E-state index in [-0.39, 0.29) is 17.9 Å². The number of likely N-dealkylation sites (tertiary alicyclic amines) is 1. The Morgan fingerprint density at radius 1 is 1.07 bits per heavy atom. The van der Waals surface area contributed by atoms with Crippen molar-refractivity contribution in [3.8, 4) is 0 Å². The van der Waals surface area contributed by atoms with Crippen molar-refractivity contribution in [3.63, 3.8) is 0 Å². The van der Waals surface area contributed by atoms with Gasteiger partial charge >= 0.3 is 0 Å². The second kappa shape index (κ2) is 8.55. The zero-order chi connectivity index (χ0) is 20.3. The number of nitrogens with zero attached hydrogens (tertiary/aromatic N) is 2. The molecule has 1 fully saturated rings. The van der Waals surface area contributed by atoms with Gasteiger partial charge in [0, 0.05) is 30.7 Å². The number of rotatable bonds is 4. The quantitative estimate of drug-likeness (QED) is 0.840. The number of carbonyl (C=O) groups is 2. The van der Waals surface area contributed by atoms with Gasteiger partial charge in [0.2, 0.25) is 0 Å². The Balaban J connectivity index is 1.81. The van der Waals surface area contributed by atoms with Crippen LogP contribution in [0.3, 0.4) is 0 Å². The molecule has 1 atom stereocenters. The van der Waals surface area contributed by atoms with Gasteiger partial charge in [0.15, 0.2) is 0 Å². The van der Waals surface area contributed by atoms with E-state index in [2.05, 4.69) is 17.2 Å². The molecular weight excluding hydrogens is 350 g/mol. The van der Waals surface area contributed by atoms with Gasteiger partial charge < -0.3 is 10.2 Å². The van der Waals surface area contributed by atoms with Crippen molar-refractivity contribution in [2.24, 2.45) is 0 Å². The number of nitrogens with one attached hydrogen (secondary N) is 1. The number of aryl methyl sites for hydroxylation is 3. The summed E-state index contributed by atoms with van der Waals surface area (Å²) in [4.78, 5) is 31.9. The minimum atomic E-state index is -0.247. The van der Waals surface area contributed by atoms with Crippen LogP contribution in [0.1, 0.15) is 70.0 Å². The van der Waals surface area contributed by atoms with Crippen molar-refractivity contribution in [1.82, 2.24) is 9.88 Å². The molecule has 5 heteroatoms. The summed E-state index contributed by atoms with van der Waals surface area (Å²) < 4.78 is 0. The van der Waals surface area contributed by atoms with Crippen LogP contribution in [0.5, 0.6) is 0 Å². The molecule has 1 unspecified atom stereocenters. The van der Waals surface area contributed by atoms with E-state index in [1.54, 1.807) is 12.3 Å². The maximum Gasteiger partial charge on any atom is 0.257 e. The zero-order valence-corrected chi connectivity index (χ0v) is 17.2. The molecule has 1 aliphatic rings. The monoisotopic (exact) mass is 379 g/mol. The van der Waals surface area contributed by atoms with E-state index in [9.17, 15) is 9.59 Å². The zero-order valence-electron chi connectivity index (χ0n) is 17.2. The van der Waals surface area contributed by atoms with Crippen LogP contribution in [0.4, 0.5) is 5.69 Å². The molecule has 2 heterocycles. The second-order valence-electron chi connectivity index (χ2n) is 7.75. The van der Waals surface area contributed by atoms with E-state index >= 15 is 0 Å². The highest BCUT2D eigenvalue weighted by Crippen LogP contribution is 2.24. The van der Waals surface area contributed by atoms with Gasteiger partial charge in [-0.1, -0.05) is 24.6 Å². The molecule has 0 aliphatic carbocycles. The molecule has 28 heavy (non-hydrogen) atoms. The number of anilines is 1. The lowest BCUT2D eigenvalue weighted by Crippen LogP contribution is -2.43. The lowest BCUT2D eigenvalue weighted by atomic mass is 9.99. The topological polar surface area (TPSA) is 62.3 Å². The molecule has 2 aromatic rings. The highest BCUT2D eigenvalue weighted by molar-refractivity contribution is 6.06. The predicted octanol–water partition coefficient (Wildman–Crippen LogP) is 4.66. The highest BCUT2D eigenvalue weighted by Gasteiger charge is 2.26. The van der Waals surface area contributed by atoms with Crippen LogP contribution in [0.15, 0.2) is 30.6 Å². The van der Waals surface area contributed by atoms with Gasteiger partial charge in [-0.05, 0) is 63.6 Å². The minimum Gasteiger partial charge on any atom is -0.336 e. The molecule has 5 nitrogen and oxygen atoms in total. The SMILES string of the molecule is CCC1CCCCN1C(=O)c1cncc(C(=O)Nc2c(C)cc(C)cc2C)c1. The molecule has 1 N–H and O–H groups in total. The van der Waals surface area contributed by atoms with Crippen molar-refractivity contribution >= 4 is 17.5 Å². The first-order valence-corrected chi connectivity index (χ1v) is 10.1. The molecule has 2 amide bonds. The van der Waals surface area contributed by atoms with Crippen molar-refractivity contribution in [1.29, 1.82) is 0 Å². The lowest BCUT2D eigenvalue weighted by molar-refractivity contribution is 0.0607. The second-order valence-corrected chi connectivity index (χ2v) is 7.75. The van der Waals surface area contributed by atoms with Gasteiger partial charge in [0.25, 0.3) is 11.8 Å². The number of aromatic nitrogens is 1. The summed E-state index contributed by atoms with van der Waals surface area (Å²) in [5.74, 6) is -0.278. The minimum absolute atomic E-state index is 0.0311. The van der Waals surface area contributed by atoms with E-state index in [0.29, 0.717) is 11.1 Å². The van der Waals surface area contributed by atoms with E-state index in [1.807, 2.05) is 37.8 Å². The Bertz CT molecular complexity index is 868. The fourth-order valence-electron chi connectivity index (χ4n) is 4.10. The number of hydrogen-bond acceptors (Lipinski definition) is 3. The van der Waals surface area contributed by atoms with Gasteiger partial charge in [-0.15, -0.1) is 0 Å². The van der Waals surface area contributed by atoms with Crippen LogP contribution in [-0.4, -0.2) is 34.3 Å². The van der Waals surface area contributed by atoms with Crippen LogP contribution < -0.4 is 5.32 Å². The molecule has 1 saturated heterocycles. The van der Waals surface area contributed by atoms with E-state index in [1.165, 1.54) is 6.20 Å². The summed E-state index contributed by atoms with van der Waals surface area (Å²) >= 11 is 0. The van der Waals surface area contributed by atoms with Gasteiger partial charge in [0.05, 0.1) is 11.1 Å². The van der Waals surface area contributed by atoms with E-state index < -0.39 is 0 Å². The molecule has 3 rings (SSSR count). The Morgan fingerprint density at radius 3 is 2.43 bits per heavy atom. The molecule has 1 aromatic carbocycles. The van der Waals surface area contributed by atoms with Gasteiger partial charge in [-0.25, -0.2) is 0 Å². The molecule has 0 bridgehead atoms. The van der Waals surface area contributed by atoms with Crippen molar-refractivity contribution < 1.29 is 9.59 Å². The Kier molecular flexibility index (Phi) is 6.12. The number of piperidine rings is 1.